The Labute approximate surface area is 283 Å². The third kappa shape index (κ3) is 9.77. The molecule has 250 valence electrons. The summed E-state index contributed by atoms with van der Waals surface area (Å²) in [5, 5.41) is 30.8. The Bertz CT molecular complexity index is 1690. The van der Waals surface area contributed by atoms with Gasteiger partial charge in [0.15, 0.2) is 6.29 Å². The van der Waals surface area contributed by atoms with Gasteiger partial charge in [0, 0.05) is 42.0 Å². The Kier molecular flexibility index (Phi) is 12.4. The molecular weight excluding hydrogens is 630 g/mol. The minimum atomic E-state index is -0.967. The summed E-state index contributed by atoms with van der Waals surface area (Å²) < 4.78 is 12.9. The number of ether oxygens (including phenoxy) is 2. The molecule has 10 heteroatoms. The molecule has 3 unspecified atom stereocenters. The molecule has 1 saturated heterocycles. The third-order valence-electron chi connectivity index (χ3n) is 8.13. The van der Waals surface area contributed by atoms with Crippen LogP contribution in [0.3, 0.4) is 0 Å². The van der Waals surface area contributed by atoms with Crippen LogP contribution >= 0.6 is 11.8 Å². The largest absolute Gasteiger partial charge is 0.481 e. The smallest absolute Gasteiger partial charge is 0.336 e. The first-order valence-corrected chi connectivity index (χ1v) is 16.9. The summed E-state index contributed by atoms with van der Waals surface area (Å²) in [6.45, 7) is 0.338. The van der Waals surface area contributed by atoms with Gasteiger partial charge in [-0.1, -0.05) is 78.9 Å². The zero-order valence-electron chi connectivity index (χ0n) is 26.4. The number of rotatable bonds is 15. The number of carbonyl (C=O) groups is 3. The molecule has 5 rings (SSSR count). The Hall–Kier alpha value is -4.48. The highest BCUT2D eigenvalue weighted by molar-refractivity contribution is 7.99. The summed E-state index contributed by atoms with van der Waals surface area (Å²) in [5.74, 6) is -1.38. The van der Waals surface area contributed by atoms with E-state index in [0.717, 1.165) is 33.4 Å². The summed E-state index contributed by atoms with van der Waals surface area (Å²) in [6.07, 6.45) is 0.828. The lowest BCUT2D eigenvalue weighted by molar-refractivity contribution is -0.245. The van der Waals surface area contributed by atoms with Crippen molar-refractivity contribution in [2.24, 2.45) is 0 Å². The maximum absolute atomic E-state index is 12.2. The topological polar surface area (TPSA) is 142 Å². The second-order valence-electron chi connectivity index (χ2n) is 11.7. The van der Waals surface area contributed by atoms with Crippen molar-refractivity contribution in [3.63, 3.8) is 0 Å². The minimum Gasteiger partial charge on any atom is -0.481 e. The first-order valence-electron chi connectivity index (χ1n) is 15.9. The van der Waals surface area contributed by atoms with E-state index >= 15 is 0 Å². The number of benzene rings is 4. The fraction of sp³-hybridized carbons (Fsp3) is 0.289. The van der Waals surface area contributed by atoms with Crippen molar-refractivity contribution in [1.29, 1.82) is 0 Å². The number of carbonyl (C=O) groups excluding carboxylic acids is 1. The van der Waals surface area contributed by atoms with Crippen LogP contribution in [0.25, 0.3) is 11.1 Å². The molecular formula is C38H39NO8S. The number of hydrogen-bond donors (Lipinski definition) is 4. The molecule has 1 aliphatic rings. The summed E-state index contributed by atoms with van der Waals surface area (Å²) in [4.78, 5) is 35.3. The third-order valence-corrected chi connectivity index (χ3v) is 9.34. The van der Waals surface area contributed by atoms with Crippen LogP contribution < -0.4 is 5.32 Å². The molecule has 0 aliphatic carbocycles. The molecule has 4 N–H and O–H groups in total. The van der Waals surface area contributed by atoms with Gasteiger partial charge in [-0.3, -0.25) is 9.59 Å². The summed E-state index contributed by atoms with van der Waals surface area (Å²) in [7, 11) is 0. The van der Waals surface area contributed by atoms with Gasteiger partial charge in [-0.25, -0.2) is 4.79 Å². The number of carboxylic acid groups (broad SMARTS) is 2. The molecule has 0 saturated carbocycles. The number of amides is 1. The van der Waals surface area contributed by atoms with E-state index in [9.17, 15) is 24.6 Å². The number of nitrogens with one attached hydrogen (secondary N) is 1. The molecule has 48 heavy (non-hydrogen) atoms. The van der Waals surface area contributed by atoms with Gasteiger partial charge in [-0.05, 0) is 58.9 Å². The van der Waals surface area contributed by atoms with Crippen LogP contribution in [0, 0.1) is 0 Å². The van der Waals surface area contributed by atoms with E-state index in [1.807, 2.05) is 84.9 Å². The van der Waals surface area contributed by atoms with E-state index in [0.29, 0.717) is 42.9 Å². The van der Waals surface area contributed by atoms with Crippen molar-refractivity contribution in [2.75, 3.05) is 5.75 Å². The van der Waals surface area contributed by atoms with Gasteiger partial charge in [0.25, 0.3) is 0 Å². The predicted molar refractivity (Wildman–Crippen MR) is 182 cm³/mol. The molecule has 0 radical (unpaired) electrons. The standard InChI is InChI=1S/C38H39NO8S/c40-23-25-12-14-28(15-13-25)33-21-31(24-48-34-9-2-1-8-32(34)37(44)45)46-38(47-33)29-18-16-27(17-19-29)30-7-5-6-26(20-30)22-39-35(41)10-3-4-11-36(42)43/h1-2,5-9,12-20,31,33,38,40H,3-4,10-11,21-24H2,(H,39,41)(H,42,43)(H,44,45). The number of aliphatic carboxylic acids is 1. The highest BCUT2D eigenvalue weighted by atomic mass is 32.2. The van der Waals surface area contributed by atoms with Crippen LogP contribution in [0.15, 0.2) is 102 Å². The van der Waals surface area contributed by atoms with Gasteiger partial charge in [-0.15, -0.1) is 11.8 Å². The van der Waals surface area contributed by atoms with Crippen molar-refractivity contribution in [2.45, 2.75) is 68.6 Å². The summed E-state index contributed by atoms with van der Waals surface area (Å²) in [5.41, 5.74) is 5.84. The monoisotopic (exact) mass is 669 g/mol. The Morgan fingerprint density at radius 3 is 2.23 bits per heavy atom. The number of hydrogen-bond acceptors (Lipinski definition) is 7. The van der Waals surface area contributed by atoms with Crippen molar-refractivity contribution < 1.29 is 39.2 Å². The Balaban J connectivity index is 1.26. The fourth-order valence-electron chi connectivity index (χ4n) is 5.52. The van der Waals surface area contributed by atoms with E-state index in [4.69, 9.17) is 14.6 Å². The highest BCUT2D eigenvalue weighted by Crippen LogP contribution is 2.40. The lowest BCUT2D eigenvalue weighted by Crippen LogP contribution is -2.31. The Morgan fingerprint density at radius 2 is 1.50 bits per heavy atom. The number of aromatic carboxylic acids is 1. The zero-order chi connectivity index (χ0) is 33.9. The first-order chi connectivity index (χ1) is 23.3. The van der Waals surface area contributed by atoms with Crippen molar-refractivity contribution in [1.82, 2.24) is 5.32 Å². The molecule has 1 heterocycles. The van der Waals surface area contributed by atoms with E-state index < -0.39 is 18.2 Å². The van der Waals surface area contributed by atoms with Crippen LogP contribution in [0.1, 0.15) is 77.1 Å². The van der Waals surface area contributed by atoms with Gasteiger partial charge in [0.2, 0.25) is 5.91 Å². The van der Waals surface area contributed by atoms with E-state index in [1.165, 1.54) is 11.8 Å². The minimum absolute atomic E-state index is 0.0418. The van der Waals surface area contributed by atoms with Gasteiger partial charge in [0.05, 0.1) is 24.4 Å². The van der Waals surface area contributed by atoms with Crippen molar-refractivity contribution >= 4 is 29.6 Å². The maximum Gasteiger partial charge on any atom is 0.336 e. The average molecular weight is 670 g/mol. The molecule has 1 fully saturated rings. The van der Waals surface area contributed by atoms with Crippen molar-refractivity contribution in [3.05, 3.63) is 125 Å². The molecule has 1 aliphatic heterocycles. The number of unbranched alkanes of at least 4 members (excludes halogenated alkanes) is 1. The molecule has 3 atom stereocenters. The molecule has 4 aromatic carbocycles. The van der Waals surface area contributed by atoms with Crippen LogP contribution in [0.2, 0.25) is 0 Å². The van der Waals surface area contributed by atoms with Crippen molar-refractivity contribution in [3.8, 4) is 11.1 Å². The lowest BCUT2D eigenvalue weighted by Gasteiger charge is -2.36. The van der Waals surface area contributed by atoms with Gasteiger partial charge in [-0.2, -0.15) is 0 Å². The van der Waals surface area contributed by atoms with E-state index in [2.05, 4.69) is 5.32 Å². The van der Waals surface area contributed by atoms with Gasteiger partial charge >= 0.3 is 11.9 Å². The normalized spacial score (nSPS) is 17.5. The molecule has 9 nitrogen and oxygen atoms in total. The predicted octanol–water partition coefficient (Wildman–Crippen LogP) is 7.14. The van der Waals surface area contributed by atoms with E-state index in [1.54, 1.807) is 12.1 Å². The number of aliphatic hydroxyl groups excluding tert-OH is 1. The van der Waals surface area contributed by atoms with Gasteiger partial charge in [0.1, 0.15) is 0 Å². The average Bonchev–Trinajstić information content (AvgIpc) is 3.11. The Morgan fingerprint density at radius 1 is 0.771 bits per heavy atom. The molecule has 0 spiro atoms. The number of carboxylic acids is 2. The van der Waals surface area contributed by atoms with Crippen LogP contribution in [-0.4, -0.2) is 45.0 Å². The van der Waals surface area contributed by atoms with Crippen LogP contribution in [-0.2, 0) is 32.2 Å². The quantitative estimate of drug-likeness (QED) is 0.0767. The van der Waals surface area contributed by atoms with E-state index in [-0.39, 0.29) is 36.7 Å². The summed E-state index contributed by atoms with van der Waals surface area (Å²) >= 11 is 1.45. The SMILES string of the molecule is O=C(O)CCCCC(=O)NCc1cccc(-c2ccc(C3OC(CSc4ccccc4C(=O)O)CC(c4ccc(CO)cc4)O3)cc2)c1. The van der Waals surface area contributed by atoms with Crippen LogP contribution in [0.4, 0.5) is 0 Å². The highest BCUT2D eigenvalue weighted by Gasteiger charge is 2.32. The molecule has 4 aromatic rings. The molecule has 1 amide bonds. The lowest BCUT2D eigenvalue weighted by atomic mass is 9.99. The number of thioether (sulfide) groups is 1. The first kappa shape index (κ1) is 34.8. The molecule has 0 aromatic heterocycles. The maximum atomic E-state index is 12.2. The fourth-order valence-corrected chi connectivity index (χ4v) is 6.58. The second kappa shape index (κ2) is 17.1. The summed E-state index contributed by atoms with van der Waals surface area (Å²) in [6, 6.07) is 30.5. The second-order valence-corrected chi connectivity index (χ2v) is 12.7. The van der Waals surface area contributed by atoms with Gasteiger partial charge < -0.3 is 30.1 Å². The zero-order valence-corrected chi connectivity index (χ0v) is 27.2. The molecule has 0 bridgehead atoms. The van der Waals surface area contributed by atoms with Crippen LogP contribution in [0.5, 0.6) is 0 Å². The number of aliphatic hydroxyl groups is 1.